The molecule has 1 aliphatic rings. The van der Waals surface area contributed by atoms with Crippen LogP contribution < -0.4 is 4.74 Å². The average molecular weight is 476 g/mol. The van der Waals surface area contributed by atoms with Crippen molar-refractivity contribution in [3.05, 3.63) is 76.9 Å². The maximum atomic E-state index is 14.0. The minimum atomic E-state index is -4.76. The standard InChI is InChI=1S/C24H24F4N4O2/c1-16-3-6-19(7-4-16)32-22(24(26,27)28)20(14-29-32)23(33)31-11-9-30(10-12-31)15-17-13-18(25)5-8-21(17)34-2/h3-8,13-14H,9-12,15H2,1-2H3. The van der Waals surface area contributed by atoms with Gasteiger partial charge in [-0.15, -0.1) is 0 Å². The smallest absolute Gasteiger partial charge is 0.434 e. The number of aryl methyl sites for hydroxylation is 1. The van der Waals surface area contributed by atoms with Crippen molar-refractivity contribution in [1.82, 2.24) is 19.6 Å². The van der Waals surface area contributed by atoms with E-state index in [9.17, 15) is 22.4 Å². The molecule has 0 spiro atoms. The third kappa shape index (κ3) is 4.91. The summed E-state index contributed by atoms with van der Waals surface area (Å²) in [4.78, 5) is 16.5. The molecule has 2 aromatic carbocycles. The number of aromatic nitrogens is 2. The van der Waals surface area contributed by atoms with E-state index in [0.29, 0.717) is 30.9 Å². The molecule has 6 nitrogen and oxygen atoms in total. The first-order valence-electron chi connectivity index (χ1n) is 10.7. The van der Waals surface area contributed by atoms with Crippen LogP contribution in [-0.2, 0) is 12.7 Å². The summed E-state index contributed by atoms with van der Waals surface area (Å²) in [5, 5.41) is 3.89. The fourth-order valence-electron chi connectivity index (χ4n) is 4.05. The molecule has 0 saturated carbocycles. The lowest BCUT2D eigenvalue weighted by molar-refractivity contribution is -0.143. The van der Waals surface area contributed by atoms with Crippen LogP contribution in [0.4, 0.5) is 17.6 Å². The van der Waals surface area contributed by atoms with Gasteiger partial charge in [0.05, 0.1) is 24.6 Å². The molecule has 0 aliphatic carbocycles. The number of benzene rings is 2. The van der Waals surface area contributed by atoms with Crippen molar-refractivity contribution >= 4 is 5.91 Å². The zero-order chi connectivity index (χ0) is 24.5. The number of carbonyl (C=O) groups is 1. The largest absolute Gasteiger partial charge is 0.496 e. The fourth-order valence-corrected chi connectivity index (χ4v) is 4.05. The van der Waals surface area contributed by atoms with Crippen molar-refractivity contribution in [2.24, 2.45) is 0 Å². The van der Waals surface area contributed by atoms with Crippen molar-refractivity contribution in [3.8, 4) is 11.4 Å². The quantitative estimate of drug-likeness (QED) is 0.516. The van der Waals surface area contributed by atoms with Gasteiger partial charge >= 0.3 is 6.18 Å². The molecule has 3 aromatic rings. The van der Waals surface area contributed by atoms with E-state index >= 15 is 0 Å². The number of hydrogen-bond acceptors (Lipinski definition) is 4. The zero-order valence-electron chi connectivity index (χ0n) is 18.8. The van der Waals surface area contributed by atoms with Crippen molar-refractivity contribution < 1.29 is 27.1 Å². The van der Waals surface area contributed by atoms with Crippen molar-refractivity contribution in [1.29, 1.82) is 0 Å². The first-order chi connectivity index (χ1) is 16.2. The van der Waals surface area contributed by atoms with Crippen LogP contribution >= 0.6 is 0 Å². The first kappa shape index (κ1) is 23.7. The summed E-state index contributed by atoms with van der Waals surface area (Å²) in [7, 11) is 1.50. The van der Waals surface area contributed by atoms with E-state index in [4.69, 9.17) is 4.74 Å². The normalized spacial score (nSPS) is 14.9. The lowest BCUT2D eigenvalue weighted by Crippen LogP contribution is -2.48. The summed E-state index contributed by atoms with van der Waals surface area (Å²) in [6.45, 7) is 3.57. The molecule has 180 valence electrons. The monoisotopic (exact) mass is 476 g/mol. The highest BCUT2D eigenvalue weighted by Crippen LogP contribution is 2.34. The molecule has 1 aromatic heterocycles. The van der Waals surface area contributed by atoms with Gasteiger partial charge in [0.25, 0.3) is 5.91 Å². The van der Waals surface area contributed by atoms with Crippen LogP contribution in [0.2, 0.25) is 0 Å². The van der Waals surface area contributed by atoms with Crippen LogP contribution in [0.3, 0.4) is 0 Å². The number of piperazine rings is 1. The molecule has 1 aliphatic heterocycles. The van der Waals surface area contributed by atoms with Crippen LogP contribution in [0.5, 0.6) is 5.75 Å². The van der Waals surface area contributed by atoms with Crippen molar-refractivity contribution in [3.63, 3.8) is 0 Å². The van der Waals surface area contributed by atoms with Gasteiger partial charge in [-0.05, 0) is 37.3 Å². The van der Waals surface area contributed by atoms with Crippen LogP contribution in [0.15, 0.2) is 48.7 Å². The Morgan fingerprint density at radius 2 is 1.74 bits per heavy atom. The molecule has 0 atom stereocenters. The van der Waals surface area contributed by atoms with E-state index in [1.807, 2.05) is 11.8 Å². The first-order valence-corrected chi connectivity index (χ1v) is 10.7. The second-order valence-electron chi connectivity index (χ2n) is 8.18. The third-order valence-corrected chi connectivity index (χ3v) is 5.84. The molecule has 2 heterocycles. The number of halogens is 4. The highest BCUT2D eigenvalue weighted by atomic mass is 19.4. The van der Waals surface area contributed by atoms with Gasteiger partial charge in [-0.2, -0.15) is 18.3 Å². The predicted octanol–water partition coefficient (Wildman–Crippen LogP) is 4.31. The van der Waals surface area contributed by atoms with Gasteiger partial charge < -0.3 is 9.64 Å². The highest BCUT2D eigenvalue weighted by molar-refractivity contribution is 5.95. The second kappa shape index (κ2) is 9.46. The number of nitrogens with zero attached hydrogens (tertiary/aromatic N) is 4. The average Bonchev–Trinajstić information content (AvgIpc) is 3.26. The van der Waals surface area contributed by atoms with E-state index < -0.39 is 23.3 Å². The number of alkyl halides is 3. The Morgan fingerprint density at radius 3 is 2.35 bits per heavy atom. The number of carbonyl (C=O) groups excluding carboxylic acids is 1. The maximum absolute atomic E-state index is 14.0. The molecular weight excluding hydrogens is 452 g/mol. The topological polar surface area (TPSA) is 50.6 Å². The van der Waals surface area contributed by atoms with Gasteiger partial charge in [0, 0.05) is 38.3 Å². The van der Waals surface area contributed by atoms with E-state index in [-0.39, 0.29) is 24.6 Å². The van der Waals surface area contributed by atoms with Crippen molar-refractivity contribution in [2.75, 3.05) is 33.3 Å². The Morgan fingerprint density at radius 1 is 1.06 bits per heavy atom. The fraction of sp³-hybridized carbons (Fsp3) is 0.333. The third-order valence-electron chi connectivity index (χ3n) is 5.84. The summed E-state index contributed by atoms with van der Waals surface area (Å²) in [6.07, 6.45) is -3.78. The predicted molar refractivity (Wildman–Crippen MR) is 117 cm³/mol. The molecule has 0 unspecified atom stereocenters. The van der Waals surface area contributed by atoms with E-state index in [1.54, 1.807) is 18.2 Å². The summed E-state index contributed by atoms with van der Waals surface area (Å²) in [5.41, 5.74) is 0.225. The van der Waals surface area contributed by atoms with Gasteiger partial charge in [0.2, 0.25) is 0 Å². The Kier molecular flexibility index (Phi) is 6.60. The van der Waals surface area contributed by atoms with Gasteiger partial charge in [0.15, 0.2) is 5.69 Å². The number of methoxy groups -OCH3 is 1. The van der Waals surface area contributed by atoms with Crippen LogP contribution in [0.25, 0.3) is 5.69 Å². The highest BCUT2D eigenvalue weighted by Gasteiger charge is 2.41. The van der Waals surface area contributed by atoms with Gasteiger partial charge in [-0.25, -0.2) is 9.07 Å². The Labute approximate surface area is 194 Å². The SMILES string of the molecule is COc1ccc(F)cc1CN1CCN(C(=O)c2cnn(-c3ccc(C)cc3)c2C(F)(F)F)CC1. The Balaban J connectivity index is 1.50. The maximum Gasteiger partial charge on any atom is 0.434 e. The van der Waals surface area contributed by atoms with Gasteiger partial charge in [0.1, 0.15) is 11.6 Å². The minimum Gasteiger partial charge on any atom is -0.496 e. The molecule has 10 heteroatoms. The summed E-state index contributed by atoms with van der Waals surface area (Å²) < 4.78 is 61.6. The summed E-state index contributed by atoms with van der Waals surface area (Å²) in [6, 6.07) is 10.7. The molecule has 0 bridgehead atoms. The van der Waals surface area contributed by atoms with Crippen LogP contribution in [-0.4, -0.2) is 58.8 Å². The van der Waals surface area contributed by atoms with E-state index in [0.717, 1.165) is 16.4 Å². The Bertz CT molecular complexity index is 1170. The minimum absolute atomic E-state index is 0.228. The van der Waals surface area contributed by atoms with E-state index in [2.05, 4.69) is 5.10 Å². The van der Waals surface area contributed by atoms with Gasteiger partial charge in [-0.3, -0.25) is 9.69 Å². The van der Waals surface area contributed by atoms with Crippen molar-refractivity contribution in [2.45, 2.75) is 19.6 Å². The zero-order valence-corrected chi connectivity index (χ0v) is 18.8. The molecule has 1 fully saturated rings. The van der Waals surface area contributed by atoms with Gasteiger partial charge in [-0.1, -0.05) is 17.7 Å². The molecule has 0 radical (unpaired) electrons. The molecular formula is C24H24F4N4O2. The number of hydrogen-bond donors (Lipinski definition) is 0. The molecule has 0 N–H and O–H groups in total. The molecule has 1 saturated heterocycles. The number of rotatable bonds is 5. The van der Waals surface area contributed by atoms with Crippen LogP contribution in [0.1, 0.15) is 27.2 Å². The van der Waals surface area contributed by atoms with Crippen LogP contribution in [0, 0.1) is 12.7 Å². The summed E-state index contributed by atoms with van der Waals surface area (Å²) in [5.74, 6) is -0.540. The lowest BCUT2D eigenvalue weighted by Gasteiger charge is -2.35. The summed E-state index contributed by atoms with van der Waals surface area (Å²) >= 11 is 0. The number of ether oxygens (including phenoxy) is 1. The molecule has 1 amide bonds. The molecule has 34 heavy (non-hydrogen) atoms. The Hall–Kier alpha value is -3.40. The number of amides is 1. The second-order valence-corrected chi connectivity index (χ2v) is 8.18. The van der Waals surface area contributed by atoms with E-state index in [1.165, 1.54) is 36.3 Å². The molecule has 4 rings (SSSR count). The lowest BCUT2D eigenvalue weighted by atomic mass is 10.1.